The summed E-state index contributed by atoms with van der Waals surface area (Å²) in [5, 5.41) is 0. The lowest BCUT2D eigenvalue weighted by molar-refractivity contribution is -0.150. The van der Waals surface area contributed by atoms with Crippen molar-refractivity contribution in [1.82, 2.24) is 4.90 Å². The molecule has 0 atom stereocenters. The number of rotatable bonds is 3. The Bertz CT molecular complexity index is 218. The summed E-state index contributed by atoms with van der Waals surface area (Å²) in [7, 11) is 1.60. The summed E-state index contributed by atoms with van der Waals surface area (Å²) in [4.78, 5) is 24.1. The van der Waals surface area contributed by atoms with Gasteiger partial charge in [0.1, 0.15) is 6.54 Å². The lowest BCUT2D eigenvalue weighted by Gasteiger charge is -2.24. The first-order valence-electron chi connectivity index (χ1n) is 4.70. The number of hydrogen-bond donors (Lipinski definition) is 0. The van der Waals surface area contributed by atoms with Gasteiger partial charge in [-0.15, -0.1) is 0 Å². The molecule has 0 saturated carbocycles. The van der Waals surface area contributed by atoms with E-state index in [-0.39, 0.29) is 18.4 Å². The highest BCUT2D eigenvalue weighted by molar-refractivity contribution is 5.85. The number of carbonyl (C=O) groups is 2. The number of amides is 1. The van der Waals surface area contributed by atoms with E-state index in [1.165, 1.54) is 4.90 Å². The summed E-state index contributed by atoms with van der Waals surface area (Å²) in [6, 6.07) is 0. The summed E-state index contributed by atoms with van der Waals surface area (Å²) in [6.07, 6.45) is 0. The molecular formula is C10H19NO3. The van der Waals surface area contributed by atoms with Crippen molar-refractivity contribution in [2.75, 3.05) is 20.2 Å². The molecule has 0 N–H and O–H groups in total. The first-order chi connectivity index (χ1) is 6.29. The fourth-order valence-corrected chi connectivity index (χ4v) is 1.04. The Labute approximate surface area is 85.2 Å². The predicted octanol–water partition coefficient (Wildman–Crippen LogP) is 1.05. The van der Waals surface area contributed by atoms with Crippen molar-refractivity contribution in [1.29, 1.82) is 0 Å². The van der Waals surface area contributed by atoms with Crippen molar-refractivity contribution >= 4 is 11.9 Å². The van der Waals surface area contributed by atoms with Crippen LogP contribution in [0.2, 0.25) is 0 Å². The van der Waals surface area contributed by atoms with Crippen molar-refractivity contribution in [2.24, 2.45) is 5.41 Å². The molecule has 82 valence electrons. The number of likely N-dealkylation sites (N-methyl/N-ethyl adjacent to an activating group) is 1. The highest BCUT2D eigenvalue weighted by Crippen LogP contribution is 2.15. The molecule has 0 saturated heterocycles. The normalized spacial score (nSPS) is 10.9. The molecule has 14 heavy (non-hydrogen) atoms. The molecule has 4 heteroatoms. The quantitative estimate of drug-likeness (QED) is 0.641. The fraction of sp³-hybridized carbons (Fsp3) is 0.800. The highest BCUT2D eigenvalue weighted by Gasteiger charge is 2.26. The zero-order valence-electron chi connectivity index (χ0n) is 9.59. The molecule has 0 bridgehead atoms. The minimum absolute atomic E-state index is 0.0178. The molecule has 0 aromatic heterocycles. The van der Waals surface area contributed by atoms with E-state index in [0.717, 1.165) is 0 Å². The Morgan fingerprint density at radius 3 is 2.14 bits per heavy atom. The average Bonchev–Trinajstić information content (AvgIpc) is 2.01. The van der Waals surface area contributed by atoms with Gasteiger partial charge in [0.05, 0.1) is 6.61 Å². The number of esters is 1. The van der Waals surface area contributed by atoms with Crippen LogP contribution >= 0.6 is 0 Å². The van der Waals surface area contributed by atoms with E-state index in [9.17, 15) is 9.59 Å². The maximum absolute atomic E-state index is 11.6. The maximum atomic E-state index is 11.6. The van der Waals surface area contributed by atoms with E-state index in [1.54, 1.807) is 14.0 Å². The number of nitrogens with zero attached hydrogens (tertiary/aromatic N) is 1. The second kappa shape index (κ2) is 4.98. The van der Waals surface area contributed by atoms with Gasteiger partial charge in [-0.25, -0.2) is 0 Å². The molecule has 0 aromatic carbocycles. The monoisotopic (exact) mass is 201 g/mol. The zero-order valence-corrected chi connectivity index (χ0v) is 9.59. The van der Waals surface area contributed by atoms with Crippen LogP contribution in [0.3, 0.4) is 0 Å². The van der Waals surface area contributed by atoms with E-state index in [0.29, 0.717) is 6.61 Å². The Morgan fingerprint density at radius 1 is 1.29 bits per heavy atom. The van der Waals surface area contributed by atoms with Gasteiger partial charge in [0.25, 0.3) is 0 Å². The van der Waals surface area contributed by atoms with Crippen molar-refractivity contribution in [3.05, 3.63) is 0 Å². The van der Waals surface area contributed by atoms with Gasteiger partial charge in [0, 0.05) is 12.5 Å². The first kappa shape index (κ1) is 12.9. The molecule has 1 amide bonds. The van der Waals surface area contributed by atoms with Gasteiger partial charge in [-0.3, -0.25) is 9.59 Å². The standard InChI is InChI=1S/C10H19NO3/c1-6-14-8(12)7-11(5)9(13)10(2,3)4/h6-7H2,1-5H3. The SMILES string of the molecule is CCOC(=O)CN(C)C(=O)C(C)(C)C. The second-order valence-corrected chi connectivity index (χ2v) is 4.22. The smallest absolute Gasteiger partial charge is 0.325 e. The van der Waals surface area contributed by atoms with Crippen molar-refractivity contribution in [3.8, 4) is 0 Å². The molecule has 0 radical (unpaired) electrons. The van der Waals surface area contributed by atoms with E-state index in [1.807, 2.05) is 20.8 Å². The molecule has 0 fully saturated rings. The summed E-state index contributed by atoms with van der Waals surface area (Å²) >= 11 is 0. The Morgan fingerprint density at radius 2 is 1.79 bits per heavy atom. The zero-order chi connectivity index (χ0) is 11.4. The van der Waals surface area contributed by atoms with Crippen LogP contribution in [0.1, 0.15) is 27.7 Å². The molecule has 0 spiro atoms. The third-order valence-electron chi connectivity index (χ3n) is 1.66. The molecule has 0 aliphatic carbocycles. The first-order valence-corrected chi connectivity index (χ1v) is 4.70. The van der Waals surface area contributed by atoms with Crippen molar-refractivity contribution < 1.29 is 14.3 Å². The number of ether oxygens (including phenoxy) is 1. The van der Waals surface area contributed by atoms with Crippen LogP contribution in [0, 0.1) is 5.41 Å². The minimum Gasteiger partial charge on any atom is -0.465 e. The van der Waals surface area contributed by atoms with Gasteiger partial charge in [0.15, 0.2) is 0 Å². The predicted molar refractivity (Wildman–Crippen MR) is 53.7 cm³/mol. The van der Waals surface area contributed by atoms with Gasteiger partial charge in [-0.2, -0.15) is 0 Å². The molecule has 4 nitrogen and oxygen atoms in total. The van der Waals surface area contributed by atoms with Gasteiger partial charge in [-0.05, 0) is 6.92 Å². The number of carbonyl (C=O) groups excluding carboxylic acids is 2. The van der Waals surface area contributed by atoms with Gasteiger partial charge < -0.3 is 9.64 Å². The second-order valence-electron chi connectivity index (χ2n) is 4.22. The Hall–Kier alpha value is -1.06. The highest BCUT2D eigenvalue weighted by atomic mass is 16.5. The molecule has 0 unspecified atom stereocenters. The third kappa shape index (κ3) is 4.25. The summed E-state index contributed by atoms with van der Waals surface area (Å²) in [5.74, 6) is -0.432. The van der Waals surface area contributed by atoms with Crippen LogP contribution < -0.4 is 0 Å². The number of hydrogen-bond acceptors (Lipinski definition) is 3. The van der Waals surface area contributed by atoms with Crippen LogP contribution in [0.15, 0.2) is 0 Å². The molecule has 0 heterocycles. The minimum atomic E-state index is -0.457. The Kier molecular flexibility index (Phi) is 4.60. The Balaban J connectivity index is 4.15. The molecule has 0 aliphatic heterocycles. The van der Waals surface area contributed by atoms with Crippen LogP contribution in [-0.2, 0) is 14.3 Å². The lowest BCUT2D eigenvalue weighted by Crippen LogP contribution is -2.40. The summed E-state index contributed by atoms with van der Waals surface area (Å²) < 4.78 is 4.74. The summed E-state index contributed by atoms with van der Waals surface area (Å²) in [6.45, 7) is 7.55. The van der Waals surface area contributed by atoms with Crippen LogP contribution in [0.5, 0.6) is 0 Å². The van der Waals surface area contributed by atoms with Crippen molar-refractivity contribution in [3.63, 3.8) is 0 Å². The topological polar surface area (TPSA) is 46.6 Å². The van der Waals surface area contributed by atoms with Gasteiger partial charge in [0.2, 0.25) is 5.91 Å². The van der Waals surface area contributed by atoms with Crippen LogP contribution in [-0.4, -0.2) is 37.0 Å². The molecule has 0 aliphatic rings. The van der Waals surface area contributed by atoms with E-state index >= 15 is 0 Å². The lowest BCUT2D eigenvalue weighted by atomic mass is 9.95. The molecule has 0 rings (SSSR count). The molecule has 0 aromatic rings. The van der Waals surface area contributed by atoms with E-state index in [4.69, 9.17) is 4.74 Å². The van der Waals surface area contributed by atoms with Gasteiger partial charge in [-0.1, -0.05) is 20.8 Å². The van der Waals surface area contributed by atoms with Crippen LogP contribution in [0.4, 0.5) is 0 Å². The van der Waals surface area contributed by atoms with E-state index < -0.39 is 5.41 Å². The fourth-order valence-electron chi connectivity index (χ4n) is 1.04. The molecular weight excluding hydrogens is 182 g/mol. The van der Waals surface area contributed by atoms with E-state index in [2.05, 4.69) is 0 Å². The van der Waals surface area contributed by atoms with Gasteiger partial charge >= 0.3 is 5.97 Å². The van der Waals surface area contributed by atoms with Crippen LogP contribution in [0.25, 0.3) is 0 Å². The summed E-state index contributed by atoms with van der Waals surface area (Å²) in [5.41, 5.74) is -0.457. The van der Waals surface area contributed by atoms with Crippen molar-refractivity contribution in [2.45, 2.75) is 27.7 Å². The third-order valence-corrected chi connectivity index (χ3v) is 1.66. The average molecular weight is 201 g/mol. The largest absolute Gasteiger partial charge is 0.465 e. The maximum Gasteiger partial charge on any atom is 0.325 e.